The molecule has 1 fully saturated rings. The SMILES string of the molecule is CC1=CN2C(=O)C(COC(=O)C(C)(C)C)(NC(=O)C(C(=O)OC(c3ccccc3)c3ccccc3)c3ccccc3)[C@@H]2SC1. The van der Waals surface area contributed by atoms with Crippen LogP contribution in [0.25, 0.3) is 0 Å². The number of amides is 2. The van der Waals surface area contributed by atoms with Crippen LogP contribution in [0.5, 0.6) is 0 Å². The number of nitrogens with one attached hydrogen (secondary N) is 1. The summed E-state index contributed by atoms with van der Waals surface area (Å²) < 4.78 is 11.8. The Morgan fingerprint density at radius 1 is 0.909 bits per heavy atom. The molecule has 8 nitrogen and oxygen atoms in total. The summed E-state index contributed by atoms with van der Waals surface area (Å²) in [5.41, 5.74) is 0.544. The molecule has 0 aromatic heterocycles. The van der Waals surface area contributed by atoms with Crippen LogP contribution in [0.3, 0.4) is 0 Å². The van der Waals surface area contributed by atoms with Gasteiger partial charge in [-0.3, -0.25) is 19.2 Å². The fourth-order valence-corrected chi connectivity index (χ4v) is 6.55. The van der Waals surface area contributed by atoms with Crippen LogP contribution in [0.2, 0.25) is 0 Å². The zero-order valence-electron chi connectivity index (χ0n) is 25.2. The average Bonchev–Trinajstić information content (AvgIpc) is 3.02. The molecule has 2 heterocycles. The van der Waals surface area contributed by atoms with Gasteiger partial charge in [0, 0.05) is 12.0 Å². The van der Waals surface area contributed by atoms with Gasteiger partial charge in [0.15, 0.2) is 17.6 Å². The summed E-state index contributed by atoms with van der Waals surface area (Å²) in [7, 11) is 0. The fourth-order valence-electron chi connectivity index (χ4n) is 5.23. The Labute approximate surface area is 261 Å². The minimum absolute atomic E-state index is 0.359. The van der Waals surface area contributed by atoms with E-state index in [-0.39, 0.29) is 6.61 Å². The smallest absolute Gasteiger partial charge is 0.324 e. The molecule has 228 valence electrons. The maximum atomic E-state index is 14.2. The van der Waals surface area contributed by atoms with Crippen molar-refractivity contribution in [2.45, 2.75) is 50.6 Å². The zero-order chi connectivity index (χ0) is 31.5. The number of esters is 2. The van der Waals surface area contributed by atoms with Crippen LogP contribution in [0, 0.1) is 5.41 Å². The predicted molar refractivity (Wildman–Crippen MR) is 168 cm³/mol. The van der Waals surface area contributed by atoms with E-state index in [9.17, 15) is 19.2 Å². The van der Waals surface area contributed by atoms with Crippen LogP contribution in [0.4, 0.5) is 0 Å². The molecule has 1 N–H and O–H groups in total. The maximum absolute atomic E-state index is 14.2. The van der Waals surface area contributed by atoms with Gasteiger partial charge in [0.05, 0.1) is 5.41 Å². The maximum Gasteiger partial charge on any atom is 0.324 e. The lowest BCUT2D eigenvalue weighted by molar-refractivity contribution is -0.170. The molecule has 2 aliphatic heterocycles. The van der Waals surface area contributed by atoms with E-state index in [1.165, 1.54) is 11.8 Å². The first-order valence-corrected chi connectivity index (χ1v) is 15.5. The van der Waals surface area contributed by atoms with Crippen LogP contribution in [-0.4, -0.2) is 51.9 Å². The monoisotopic (exact) mass is 612 g/mol. The van der Waals surface area contributed by atoms with Gasteiger partial charge in [0.25, 0.3) is 5.91 Å². The van der Waals surface area contributed by atoms with Crippen LogP contribution in [0.1, 0.15) is 56.4 Å². The Balaban J connectivity index is 1.48. The van der Waals surface area contributed by atoms with Crippen molar-refractivity contribution in [1.29, 1.82) is 0 Å². The molecule has 9 heteroatoms. The van der Waals surface area contributed by atoms with Gasteiger partial charge >= 0.3 is 11.9 Å². The molecule has 1 saturated heterocycles. The second kappa shape index (κ2) is 12.7. The highest BCUT2D eigenvalue weighted by molar-refractivity contribution is 8.00. The molecule has 3 aromatic carbocycles. The van der Waals surface area contributed by atoms with Crippen molar-refractivity contribution >= 4 is 35.5 Å². The summed E-state index contributed by atoms with van der Waals surface area (Å²) in [5, 5.41) is 2.36. The minimum Gasteiger partial charge on any atom is -0.462 e. The number of carbonyl (C=O) groups excluding carboxylic acids is 4. The van der Waals surface area contributed by atoms with Crippen molar-refractivity contribution in [3.63, 3.8) is 0 Å². The molecule has 0 bridgehead atoms. The third kappa shape index (κ3) is 6.28. The summed E-state index contributed by atoms with van der Waals surface area (Å²) in [6, 6.07) is 27.2. The molecule has 3 aromatic rings. The van der Waals surface area contributed by atoms with E-state index >= 15 is 0 Å². The topological polar surface area (TPSA) is 102 Å². The van der Waals surface area contributed by atoms with Gasteiger partial charge in [-0.05, 0) is 50.0 Å². The molecule has 3 atom stereocenters. The number of benzene rings is 3. The quantitative estimate of drug-likeness (QED) is 0.197. The van der Waals surface area contributed by atoms with Crippen molar-refractivity contribution in [3.8, 4) is 0 Å². The van der Waals surface area contributed by atoms with Gasteiger partial charge in [-0.15, -0.1) is 11.8 Å². The van der Waals surface area contributed by atoms with Crippen LogP contribution in [0.15, 0.2) is 103 Å². The number of ether oxygens (including phenoxy) is 2. The standard InChI is InChI=1S/C35H36N2O6S/c1-23-20-37-31(40)35(32(37)44-21-23,22-42-33(41)34(2,3)4)36-29(38)27(24-14-8-5-9-15-24)30(39)43-28(25-16-10-6-11-17-25)26-18-12-7-13-19-26/h5-20,27-28,32H,21-22H2,1-4H3,(H,36,38)/t27?,32-,35?/m0/s1. The number of thioether (sulfide) groups is 1. The Bertz CT molecular complexity index is 1510. The molecule has 0 saturated carbocycles. The van der Waals surface area contributed by atoms with E-state index in [1.807, 2.05) is 67.6 Å². The van der Waals surface area contributed by atoms with E-state index in [0.717, 1.165) is 16.7 Å². The lowest BCUT2D eigenvalue weighted by Gasteiger charge is -2.55. The van der Waals surface area contributed by atoms with Gasteiger partial charge in [-0.25, -0.2) is 0 Å². The largest absolute Gasteiger partial charge is 0.462 e. The van der Waals surface area contributed by atoms with E-state index in [1.54, 1.807) is 62.2 Å². The first kappa shape index (κ1) is 31.1. The molecular formula is C35H36N2O6S. The second-order valence-corrected chi connectivity index (χ2v) is 13.2. The Kier molecular flexibility index (Phi) is 8.97. The van der Waals surface area contributed by atoms with Crippen LogP contribution >= 0.6 is 11.8 Å². The molecule has 2 amide bonds. The number of β-lactam (4-membered cyclic amide) rings is 1. The Morgan fingerprint density at radius 2 is 1.43 bits per heavy atom. The third-order valence-electron chi connectivity index (χ3n) is 7.58. The number of carbonyl (C=O) groups is 4. The molecule has 2 unspecified atom stereocenters. The molecule has 0 spiro atoms. The van der Waals surface area contributed by atoms with Gasteiger partial charge in [-0.1, -0.05) is 91.0 Å². The van der Waals surface area contributed by atoms with E-state index < -0.39 is 52.1 Å². The van der Waals surface area contributed by atoms with E-state index in [2.05, 4.69) is 5.32 Å². The number of fused-ring (bicyclic) bond motifs is 1. The summed E-state index contributed by atoms with van der Waals surface area (Å²) in [4.78, 5) is 56.3. The van der Waals surface area contributed by atoms with Crippen molar-refractivity contribution in [3.05, 3.63) is 119 Å². The summed E-state index contributed by atoms with van der Waals surface area (Å²) in [6.07, 6.45) is 0.987. The zero-order valence-corrected chi connectivity index (χ0v) is 26.0. The lowest BCUT2D eigenvalue weighted by Crippen LogP contribution is -2.80. The normalized spacial score (nSPS) is 20.1. The number of nitrogens with zero attached hydrogens (tertiary/aromatic N) is 1. The third-order valence-corrected chi connectivity index (χ3v) is 9.14. The Morgan fingerprint density at radius 3 is 1.95 bits per heavy atom. The number of hydrogen-bond acceptors (Lipinski definition) is 7. The Hall–Kier alpha value is -4.37. The van der Waals surface area contributed by atoms with Crippen molar-refractivity contribution in [1.82, 2.24) is 10.2 Å². The first-order chi connectivity index (χ1) is 21.0. The van der Waals surface area contributed by atoms with Crippen molar-refractivity contribution in [2.24, 2.45) is 5.41 Å². The van der Waals surface area contributed by atoms with Gasteiger partial charge in [0.2, 0.25) is 5.91 Å². The van der Waals surface area contributed by atoms with Gasteiger partial charge in [-0.2, -0.15) is 0 Å². The number of hydrogen-bond donors (Lipinski definition) is 1. The second-order valence-electron chi connectivity index (χ2n) is 12.1. The average molecular weight is 613 g/mol. The minimum atomic E-state index is -1.55. The highest BCUT2D eigenvalue weighted by atomic mass is 32.2. The summed E-state index contributed by atoms with van der Waals surface area (Å²) in [5.74, 6) is -3.15. The van der Waals surface area contributed by atoms with Crippen LogP contribution in [-0.2, 0) is 28.7 Å². The summed E-state index contributed by atoms with van der Waals surface area (Å²) in [6.45, 7) is 6.71. The molecular weight excluding hydrogens is 576 g/mol. The van der Waals surface area contributed by atoms with Gasteiger partial charge < -0.3 is 19.7 Å². The molecule has 0 radical (unpaired) electrons. The fraction of sp³-hybridized carbons (Fsp3) is 0.314. The van der Waals surface area contributed by atoms with E-state index in [0.29, 0.717) is 11.3 Å². The lowest BCUT2D eigenvalue weighted by atomic mass is 9.86. The predicted octanol–water partition coefficient (Wildman–Crippen LogP) is 5.37. The first-order valence-electron chi connectivity index (χ1n) is 14.5. The number of rotatable bonds is 9. The highest BCUT2D eigenvalue weighted by Crippen LogP contribution is 2.44. The molecule has 2 aliphatic rings. The molecule has 44 heavy (non-hydrogen) atoms. The molecule has 5 rings (SSSR count). The van der Waals surface area contributed by atoms with Crippen molar-refractivity contribution in [2.75, 3.05) is 12.4 Å². The van der Waals surface area contributed by atoms with Gasteiger partial charge in [0.1, 0.15) is 12.0 Å². The highest BCUT2D eigenvalue weighted by Gasteiger charge is 2.64. The van der Waals surface area contributed by atoms with Crippen molar-refractivity contribution < 1.29 is 28.7 Å². The molecule has 0 aliphatic carbocycles. The van der Waals surface area contributed by atoms with Crippen LogP contribution < -0.4 is 5.32 Å². The summed E-state index contributed by atoms with van der Waals surface area (Å²) >= 11 is 1.47. The van der Waals surface area contributed by atoms with E-state index in [4.69, 9.17) is 9.47 Å².